The molecule has 2 N–H and O–H groups in total. The Morgan fingerprint density at radius 1 is 1.00 bits per heavy atom. The van der Waals surface area contributed by atoms with Crippen LogP contribution in [-0.4, -0.2) is 33.1 Å². The van der Waals surface area contributed by atoms with Crippen molar-refractivity contribution in [1.82, 2.24) is 5.32 Å². The van der Waals surface area contributed by atoms with Crippen molar-refractivity contribution in [2.45, 2.75) is 103 Å². The molecular weight excluding hydrogens is 464 g/mol. The van der Waals surface area contributed by atoms with Crippen LogP contribution in [0.5, 0.6) is 5.75 Å². The van der Waals surface area contributed by atoms with Gasteiger partial charge >= 0.3 is 6.03 Å². The fourth-order valence-corrected chi connectivity index (χ4v) is 6.41. The van der Waals surface area contributed by atoms with Crippen molar-refractivity contribution >= 4 is 20.0 Å². The van der Waals surface area contributed by atoms with Crippen LogP contribution in [0, 0.1) is 0 Å². The van der Waals surface area contributed by atoms with E-state index in [0.717, 1.165) is 42.7 Å². The van der Waals surface area contributed by atoms with Crippen molar-refractivity contribution in [3.8, 4) is 5.75 Å². The van der Waals surface area contributed by atoms with Crippen LogP contribution in [0.1, 0.15) is 70.2 Å². The van der Waals surface area contributed by atoms with E-state index in [1.165, 1.54) is 16.7 Å². The topological polar surface area (TPSA) is 59.6 Å². The highest BCUT2D eigenvalue weighted by Crippen LogP contribution is 2.40. The number of para-hydroxylation sites is 1. The number of ether oxygens (including phenoxy) is 1. The molecule has 196 valence electrons. The maximum absolute atomic E-state index is 13.0. The molecule has 1 aliphatic carbocycles. The average molecular weight is 509 g/mol. The molecule has 0 saturated carbocycles. The summed E-state index contributed by atoms with van der Waals surface area (Å²) in [4.78, 5) is 13.0. The van der Waals surface area contributed by atoms with Gasteiger partial charge in [0.05, 0.1) is 6.04 Å². The molecule has 2 amide bonds. The molecule has 0 bridgehead atoms. The zero-order chi connectivity index (χ0) is 26.3. The van der Waals surface area contributed by atoms with E-state index in [9.17, 15) is 4.79 Å². The van der Waals surface area contributed by atoms with Gasteiger partial charge in [0.25, 0.3) is 0 Å². The van der Waals surface area contributed by atoms with Gasteiger partial charge < -0.3 is 19.8 Å². The van der Waals surface area contributed by atoms with Gasteiger partial charge in [-0.1, -0.05) is 71.9 Å². The van der Waals surface area contributed by atoms with E-state index < -0.39 is 8.32 Å². The number of nitrogens with one attached hydrogen (secondary N) is 2. The van der Waals surface area contributed by atoms with Crippen molar-refractivity contribution in [2.75, 3.05) is 11.9 Å². The number of fused-ring (bicyclic) bond motifs is 2. The van der Waals surface area contributed by atoms with Crippen molar-refractivity contribution in [1.29, 1.82) is 0 Å². The van der Waals surface area contributed by atoms with E-state index in [1.807, 2.05) is 12.1 Å². The first-order chi connectivity index (χ1) is 16.7. The van der Waals surface area contributed by atoms with Crippen LogP contribution in [0.2, 0.25) is 18.1 Å². The minimum atomic E-state index is -1.85. The Bertz CT molecular complexity index is 1110. The van der Waals surface area contributed by atoms with Gasteiger partial charge in [-0.25, -0.2) is 4.79 Å². The molecule has 0 aromatic heterocycles. The van der Waals surface area contributed by atoms with Crippen LogP contribution in [0.3, 0.4) is 0 Å². The smallest absolute Gasteiger partial charge is 0.319 e. The second-order valence-corrected chi connectivity index (χ2v) is 17.8. The standard InChI is InChI=1S/C30H44N2O3Si/c1-29(2,3)25-13-9-12-21-17-22(19-34-27(21)25)31-28(33)32-26-14-10-11-20-15-16-23(18-24(20)26)35-36(7,8)30(4,5)6/h9-14,22-23H,15-19H2,1-8H3,(H2,31,32,33). The van der Waals surface area contributed by atoms with Crippen LogP contribution in [0.25, 0.3) is 0 Å². The summed E-state index contributed by atoms with van der Waals surface area (Å²) >= 11 is 0. The lowest BCUT2D eigenvalue weighted by molar-refractivity contribution is 0.165. The number of anilines is 1. The van der Waals surface area contributed by atoms with E-state index in [1.54, 1.807) is 0 Å². The van der Waals surface area contributed by atoms with Crippen molar-refractivity contribution in [3.63, 3.8) is 0 Å². The van der Waals surface area contributed by atoms with Gasteiger partial charge in [-0.3, -0.25) is 0 Å². The molecular formula is C30H44N2O3Si. The molecule has 0 fully saturated rings. The summed E-state index contributed by atoms with van der Waals surface area (Å²) in [7, 11) is -1.85. The second kappa shape index (κ2) is 9.86. The van der Waals surface area contributed by atoms with Crippen LogP contribution in [0.15, 0.2) is 36.4 Å². The first-order valence-corrected chi connectivity index (χ1v) is 16.3. The number of urea groups is 1. The molecule has 2 aliphatic rings. The Balaban J connectivity index is 1.42. The monoisotopic (exact) mass is 508 g/mol. The lowest BCUT2D eigenvalue weighted by atomic mass is 9.84. The zero-order valence-corrected chi connectivity index (χ0v) is 24.4. The Labute approximate surface area is 218 Å². The minimum absolute atomic E-state index is 0.0154. The number of hydrogen-bond acceptors (Lipinski definition) is 3. The molecule has 36 heavy (non-hydrogen) atoms. The Morgan fingerprint density at radius 3 is 2.39 bits per heavy atom. The molecule has 1 aliphatic heterocycles. The Morgan fingerprint density at radius 2 is 1.69 bits per heavy atom. The third-order valence-corrected chi connectivity index (χ3v) is 12.6. The van der Waals surface area contributed by atoms with Gasteiger partial charge in [0.15, 0.2) is 8.32 Å². The summed E-state index contributed by atoms with van der Waals surface area (Å²) in [5.41, 5.74) is 5.80. The molecule has 4 rings (SSSR count). The van der Waals surface area contributed by atoms with Gasteiger partial charge in [-0.2, -0.15) is 0 Å². The highest BCUT2D eigenvalue weighted by Gasteiger charge is 2.40. The summed E-state index contributed by atoms with van der Waals surface area (Å²) in [6.45, 7) is 18.6. The number of aryl methyl sites for hydroxylation is 1. The minimum Gasteiger partial charge on any atom is -0.491 e. The maximum Gasteiger partial charge on any atom is 0.319 e. The lowest BCUT2D eigenvalue weighted by Gasteiger charge is -2.40. The molecule has 0 saturated heterocycles. The fraction of sp³-hybridized carbons (Fsp3) is 0.567. The second-order valence-electron chi connectivity index (χ2n) is 13.0. The van der Waals surface area contributed by atoms with Gasteiger partial charge in [0, 0.05) is 11.8 Å². The predicted octanol–water partition coefficient (Wildman–Crippen LogP) is 6.99. The Hall–Kier alpha value is -2.31. The molecule has 2 unspecified atom stereocenters. The quantitative estimate of drug-likeness (QED) is 0.438. The van der Waals surface area contributed by atoms with Crippen LogP contribution >= 0.6 is 0 Å². The molecule has 0 radical (unpaired) electrons. The third kappa shape index (κ3) is 5.81. The summed E-state index contributed by atoms with van der Waals surface area (Å²) < 4.78 is 12.9. The summed E-state index contributed by atoms with van der Waals surface area (Å²) in [6, 6.07) is 12.3. The van der Waals surface area contributed by atoms with Gasteiger partial charge in [-0.05, 0) is 77.6 Å². The van der Waals surface area contributed by atoms with Crippen molar-refractivity contribution in [3.05, 3.63) is 58.7 Å². The first-order valence-electron chi connectivity index (χ1n) is 13.4. The SMILES string of the molecule is CC(C)(C)c1cccc2c1OCC(NC(=O)Nc1cccc3c1CC(O[Si](C)(C)C(C)(C)C)CC3)C2. The van der Waals surface area contributed by atoms with E-state index in [-0.39, 0.29) is 28.6 Å². The molecule has 6 heteroatoms. The first kappa shape index (κ1) is 26.7. The van der Waals surface area contributed by atoms with Crippen LogP contribution in [0.4, 0.5) is 10.5 Å². The molecule has 5 nitrogen and oxygen atoms in total. The molecule has 2 atom stereocenters. The predicted molar refractivity (Wildman–Crippen MR) is 151 cm³/mol. The van der Waals surface area contributed by atoms with E-state index in [0.29, 0.717) is 6.61 Å². The summed E-state index contributed by atoms with van der Waals surface area (Å²) in [5.74, 6) is 0.980. The van der Waals surface area contributed by atoms with Crippen LogP contribution < -0.4 is 15.4 Å². The van der Waals surface area contributed by atoms with E-state index in [4.69, 9.17) is 9.16 Å². The lowest BCUT2D eigenvalue weighted by Crippen LogP contribution is -2.46. The summed E-state index contributed by atoms with van der Waals surface area (Å²) in [5, 5.41) is 6.46. The van der Waals surface area contributed by atoms with Crippen molar-refractivity contribution < 1.29 is 14.0 Å². The van der Waals surface area contributed by atoms with E-state index in [2.05, 4.69) is 89.5 Å². The number of hydrogen-bond donors (Lipinski definition) is 2. The zero-order valence-electron chi connectivity index (χ0n) is 23.4. The average Bonchev–Trinajstić information content (AvgIpc) is 2.77. The number of carbonyl (C=O) groups is 1. The van der Waals surface area contributed by atoms with Crippen molar-refractivity contribution in [2.24, 2.45) is 0 Å². The summed E-state index contributed by atoms with van der Waals surface area (Å²) in [6.07, 6.45) is 3.82. The molecule has 1 heterocycles. The molecule has 0 spiro atoms. The largest absolute Gasteiger partial charge is 0.491 e. The molecule has 2 aromatic carbocycles. The van der Waals surface area contributed by atoms with Crippen LogP contribution in [-0.2, 0) is 29.1 Å². The fourth-order valence-electron chi connectivity index (χ4n) is 5.02. The number of benzene rings is 2. The van der Waals surface area contributed by atoms with Gasteiger partial charge in [-0.15, -0.1) is 0 Å². The number of carbonyl (C=O) groups excluding carboxylic acids is 1. The molecule has 2 aromatic rings. The third-order valence-electron chi connectivity index (χ3n) is 8.09. The Kier molecular flexibility index (Phi) is 7.33. The van der Waals surface area contributed by atoms with Gasteiger partial charge in [0.2, 0.25) is 0 Å². The number of rotatable bonds is 4. The normalized spacial score (nSPS) is 20.1. The highest BCUT2D eigenvalue weighted by molar-refractivity contribution is 6.74. The maximum atomic E-state index is 13.0. The highest BCUT2D eigenvalue weighted by atomic mass is 28.4. The van der Waals surface area contributed by atoms with E-state index >= 15 is 0 Å². The number of amides is 2. The van der Waals surface area contributed by atoms with Gasteiger partial charge in [0.1, 0.15) is 12.4 Å².